The summed E-state index contributed by atoms with van der Waals surface area (Å²) in [5.41, 5.74) is 2.22. The predicted octanol–water partition coefficient (Wildman–Crippen LogP) is 4.17. The van der Waals surface area contributed by atoms with Gasteiger partial charge < -0.3 is 9.88 Å². The summed E-state index contributed by atoms with van der Waals surface area (Å²) in [5.74, 6) is 0.836. The van der Waals surface area contributed by atoms with Gasteiger partial charge in [-0.15, -0.1) is 10.2 Å². The molecule has 0 saturated carbocycles. The maximum atomic E-state index is 13.2. The number of aryl methyl sites for hydroxylation is 1. The summed E-state index contributed by atoms with van der Waals surface area (Å²) in [5, 5.41) is 12.1. The van der Waals surface area contributed by atoms with Crippen LogP contribution in [-0.4, -0.2) is 31.4 Å². The highest BCUT2D eigenvalue weighted by Crippen LogP contribution is 2.25. The standard InChI is InChI=1S/C20H22FN5OS/c1-13(2)11-26-19(15-6-8-22-9-7-15)24-25-20(26)28-12-18(27)23-17-5-4-16(21)10-14(17)3/h4-10,13H,11-12H2,1-3H3,(H,23,27). The third kappa shape index (κ3) is 4.95. The minimum absolute atomic E-state index is 0.177. The molecule has 2 aromatic heterocycles. The molecule has 0 aliphatic rings. The van der Waals surface area contributed by atoms with E-state index in [1.807, 2.05) is 16.7 Å². The second-order valence-corrected chi connectivity index (χ2v) is 7.79. The van der Waals surface area contributed by atoms with Gasteiger partial charge in [0.1, 0.15) is 5.82 Å². The van der Waals surface area contributed by atoms with Gasteiger partial charge in [0, 0.05) is 30.2 Å². The Morgan fingerprint density at radius 1 is 1.21 bits per heavy atom. The molecule has 1 amide bonds. The fraction of sp³-hybridized carbons (Fsp3) is 0.300. The summed E-state index contributed by atoms with van der Waals surface area (Å²) >= 11 is 1.33. The number of nitrogens with zero attached hydrogens (tertiary/aromatic N) is 4. The van der Waals surface area contributed by atoms with Crippen LogP contribution < -0.4 is 5.32 Å². The van der Waals surface area contributed by atoms with Gasteiger partial charge in [-0.1, -0.05) is 25.6 Å². The third-order valence-electron chi connectivity index (χ3n) is 4.00. The highest BCUT2D eigenvalue weighted by Gasteiger charge is 2.17. The number of thioether (sulfide) groups is 1. The molecule has 2 heterocycles. The van der Waals surface area contributed by atoms with E-state index in [0.717, 1.165) is 17.9 Å². The fourth-order valence-electron chi connectivity index (χ4n) is 2.72. The van der Waals surface area contributed by atoms with E-state index in [9.17, 15) is 9.18 Å². The smallest absolute Gasteiger partial charge is 0.234 e. The van der Waals surface area contributed by atoms with E-state index in [1.54, 1.807) is 25.4 Å². The molecular weight excluding hydrogens is 377 g/mol. The Morgan fingerprint density at radius 2 is 1.96 bits per heavy atom. The van der Waals surface area contributed by atoms with Crippen LogP contribution in [0.25, 0.3) is 11.4 Å². The molecule has 3 aromatic rings. The van der Waals surface area contributed by atoms with Gasteiger partial charge >= 0.3 is 0 Å². The van der Waals surface area contributed by atoms with Crippen molar-refractivity contribution in [2.45, 2.75) is 32.5 Å². The fourth-order valence-corrected chi connectivity index (χ4v) is 3.47. The molecule has 8 heteroatoms. The van der Waals surface area contributed by atoms with Gasteiger partial charge in [-0.2, -0.15) is 0 Å². The number of carbonyl (C=O) groups excluding carboxylic acids is 1. The molecular formula is C20H22FN5OS. The quantitative estimate of drug-likeness (QED) is 0.604. The molecule has 0 spiro atoms. The summed E-state index contributed by atoms with van der Waals surface area (Å²) in [6.45, 7) is 6.74. The summed E-state index contributed by atoms with van der Waals surface area (Å²) in [6, 6.07) is 8.06. The largest absolute Gasteiger partial charge is 0.325 e. The molecule has 28 heavy (non-hydrogen) atoms. The van der Waals surface area contributed by atoms with Crippen LogP contribution in [-0.2, 0) is 11.3 Å². The molecule has 1 aromatic carbocycles. The summed E-state index contributed by atoms with van der Waals surface area (Å²) < 4.78 is 15.2. The van der Waals surface area contributed by atoms with E-state index in [0.29, 0.717) is 22.3 Å². The zero-order chi connectivity index (χ0) is 20.1. The lowest BCUT2D eigenvalue weighted by molar-refractivity contribution is -0.113. The van der Waals surface area contributed by atoms with Crippen LogP contribution >= 0.6 is 11.8 Å². The number of halogens is 1. The van der Waals surface area contributed by atoms with Crippen LogP contribution in [0.4, 0.5) is 10.1 Å². The van der Waals surface area contributed by atoms with Crippen molar-refractivity contribution in [2.24, 2.45) is 5.92 Å². The van der Waals surface area contributed by atoms with Crippen LogP contribution in [0, 0.1) is 18.7 Å². The second-order valence-electron chi connectivity index (χ2n) is 6.84. The highest BCUT2D eigenvalue weighted by molar-refractivity contribution is 7.99. The molecule has 1 N–H and O–H groups in total. The molecule has 0 radical (unpaired) electrons. The topological polar surface area (TPSA) is 72.7 Å². The van der Waals surface area contributed by atoms with E-state index < -0.39 is 0 Å². The van der Waals surface area contributed by atoms with Gasteiger partial charge in [0.15, 0.2) is 11.0 Å². The van der Waals surface area contributed by atoms with Crippen molar-refractivity contribution >= 4 is 23.4 Å². The molecule has 0 atom stereocenters. The first-order valence-corrected chi connectivity index (χ1v) is 9.95. The Morgan fingerprint density at radius 3 is 2.64 bits per heavy atom. The predicted molar refractivity (Wildman–Crippen MR) is 109 cm³/mol. The molecule has 0 aliphatic carbocycles. The number of amides is 1. The van der Waals surface area contributed by atoms with Gasteiger partial charge in [-0.25, -0.2) is 4.39 Å². The summed E-state index contributed by atoms with van der Waals surface area (Å²) in [4.78, 5) is 16.4. The first kappa shape index (κ1) is 20.0. The van der Waals surface area contributed by atoms with Gasteiger partial charge in [-0.05, 0) is 48.7 Å². The number of nitrogens with one attached hydrogen (secondary N) is 1. The van der Waals surface area contributed by atoms with Crippen LogP contribution in [0.1, 0.15) is 19.4 Å². The molecule has 0 saturated heterocycles. The first-order chi connectivity index (χ1) is 13.4. The molecule has 0 aliphatic heterocycles. The second kappa shape index (κ2) is 8.97. The lowest BCUT2D eigenvalue weighted by Gasteiger charge is -2.12. The number of hydrogen-bond acceptors (Lipinski definition) is 5. The van der Waals surface area contributed by atoms with Crippen LogP contribution in [0.5, 0.6) is 0 Å². The van der Waals surface area contributed by atoms with Crippen molar-refractivity contribution in [1.82, 2.24) is 19.7 Å². The third-order valence-corrected chi connectivity index (χ3v) is 4.96. The van der Waals surface area contributed by atoms with E-state index in [2.05, 4.69) is 34.3 Å². The average molecular weight is 399 g/mol. The zero-order valence-electron chi connectivity index (χ0n) is 16.0. The molecule has 0 fully saturated rings. The van der Waals surface area contributed by atoms with Crippen LogP contribution in [0.15, 0.2) is 47.9 Å². The number of aromatic nitrogens is 4. The highest BCUT2D eigenvalue weighted by atomic mass is 32.2. The maximum absolute atomic E-state index is 13.2. The van der Waals surface area contributed by atoms with Crippen molar-refractivity contribution in [2.75, 3.05) is 11.1 Å². The van der Waals surface area contributed by atoms with Crippen molar-refractivity contribution in [3.8, 4) is 11.4 Å². The van der Waals surface area contributed by atoms with E-state index in [1.165, 1.54) is 23.9 Å². The maximum Gasteiger partial charge on any atom is 0.234 e. The van der Waals surface area contributed by atoms with Gasteiger partial charge in [0.2, 0.25) is 5.91 Å². The molecule has 0 bridgehead atoms. The van der Waals surface area contributed by atoms with E-state index in [-0.39, 0.29) is 17.5 Å². The number of hydrogen-bond donors (Lipinski definition) is 1. The Labute approximate surface area is 167 Å². The molecule has 146 valence electrons. The van der Waals surface area contributed by atoms with Crippen molar-refractivity contribution < 1.29 is 9.18 Å². The Bertz CT molecular complexity index is 958. The Balaban J connectivity index is 1.73. The SMILES string of the molecule is Cc1cc(F)ccc1NC(=O)CSc1nnc(-c2ccncc2)n1CC(C)C. The number of benzene rings is 1. The van der Waals surface area contributed by atoms with Crippen molar-refractivity contribution in [1.29, 1.82) is 0 Å². The first-order valence-electron chi connectivity index (χ1n) is 8.96. The molecule has 0 unspecified atom stereocenters. The normalized spacial score (nSPS) is 11.0. The van der Waals surface area contributed by atoms with Gasteiger partial charge in [-0.3, -0.25) is 9.78 Å². The number of pyridine rings is 1. The van der Waals surface area contributed by atoms with Crippen LogP contribution in [0.2, 0.25) is 0 Å². The van der Waals surface area contributed by atoms with Crippen molar-refractivity contribution in [3.63, 3.8) is 0 Å². The molecule has 3 rings (SSSR count). The van der Waals surface area contributed by atoms with Gasteiger partial charge in [0.25, 0.3) is 0 Å². The summed E-state index contributed by atoms with van der Waals surface area (Å²) in [7, 11) is 0. The Kier molecular flexibility index (Phi) is 6.41. The zero-order valence-corrected chi connectivity index (χ0v) is 16.8. The number of rotatable bonds is 7. The number of anilines is 1. The van der Waals surface area contributed by atoms with Gasteiger partial charge in [0.05, 0.1) is 5.75 Å². The average Bonchev–Trinajstić information content (AvgIpc) is 3.05. The Hall–Kier alpha value is -2.74. The van der Waals surface area contributed by atoms with E-state index in [4.69, 9.17) is 0 Å². The molecule has 6 nitrogen and oxygen atoms in total. The number of carbonyl (C=O) groups is 1. The monoisotopic (exact) mass is 399 g/mol. The lowest BCUT2D eigenvalue weighted by Crippen LogP contribution is -2.16. The summed E-state index contributed by atoms with van der Waals surface area (Å²) in [6.07, 6.45) is 3.43. The van der Waals surface area contributed by atoms with E-state index >= 15 is 0 Å². The lowest BCUT2D eigenvalue weighted by atomic mass is 10.2. The van der Waals surface area contributed by atoms with Crippen LogP contribution in [0.3, 0.4) is 0 Å². The minimum atomic E-state index is -0.324. The van der Waals surface area contributed by atoms with Crippen molar-refractivity contribution in [3.05, 3.63) is 54.1 Å². The minimum Gasteiger partial charge on any atom is -0.325 e.